The van der Waals surface area contributed by atoms with Crippen LogP contribution in [0.3, 0.4) is 0 Å². The van der Waals surface area contributed by atoms with Crippen LogP contribution in [0, 0.1) is 0 Å². The van der Waals surface area contributed by atoms with Gasteiger partial charge in [0.1, 0.15) is 11.6 Å². The Morgan fingerprint density at radius 3 is 2.88 bits per heavy atom. The first kappa shape index (κ1) is 17.8. The number of nitrogens with one attached hydrogen (secondary N) is 1. The maximum atomic E-state index is 12.1. The standard InChI is InChI=1S/C16H22N4O4/c1-19(10-13(22)11-21)16(23)18-15-7-8-17-20(15)9-12-5-3-4-6-14(12)24-2/h3-8,13,21-22H,9-11H2,1-2H3,(H,18,23). The molecule has 8 heteroatoms. The number of nitrogens with zero attached hydrogens (tertiary/aromatic N) is 3. The summed E-state index contributed by atoms with van der Waals surface area (Å²) in [5, 5.41) is 25.2. The summed E-state index contributed by atoms with van der Waals surface area (Å²) in [5.41, 5.74) is 0.934. The molecule has 24 heavy (non-hydrogen) atoms. The molecule has 1 heterocycles. The van der Waals surface area contributed by atoms with Crippen LogP contribution in [0.1, 0.15) is 5.56 Å². The second kappa shape index (κ2) is 8.32. The van der Waals surface area contributed by atoms with Gasteiger partial charge >= 0.3 is 6.03 Å². The Morgan fingerprint density at radius 2 is 2.17 bits per heavy atom. The second-order valence-corrected chi connectivity index (χ2v) is 5.33. The van der Waals surface area contributed by atoms with Gasteiger partial charge in [-0.1, -0.05) is 18.2 Å². The summed E-state index contributed by atoms with van der Waals surface area (Å²) in [6.45, 7) is 0.0714. The third-order valence-corrected chi connectivity index (χ3v) is 3.51. The number of amides is 2. The molecule has 1 aromatic heterocycles. The highest BCUT2D eigenvalue weighted by molar-refractivity contribution is 5.88. The lowest BCUT2D eigenvalue weighted by atomic mass is 10.2. The van der Waals surface area contributed by atoms with Gasteiger partial charge in [-0.2, -0.15) is 5.10 Å². The topological polar surface area (TPSA) is 99.9 Å². The van der Waals surface area contributed by atoms with Crippen LogP contribution >= 0.6 is 0 Å². The minimum Gasteiger partial charge on any atom is -0.496 e. The smallest absolute Gasteiger partial charge is 0.322 e. The number of carbonyl (C=O) groups excluding carboxylic acids is 1. The zero-order valence-electron chi connectivity index (χ0n) is 13.7. The van der Waals surface area contributed by atoms with E-state index in [4.69, 9.17) is 9.84 Å². The SMILES string of the molecule is COc1ccccc1Cn1nccc1NC(=O)N(C)CC(O)CO. The molecule has 0 aliphatic heterocycles. The van der Waals surface area contributed by atoms with Crippen molar-refractivity contribution in [1.29, 1.82) is 0 Å². The molecule has 0 spiro atoms. The Labute approximate surface area is 140 Å². The van der Waals surface area contributed by atoms with Gasteiger partial charge in [-0.3, -0.25) is 5.32 Å². The summed E-state index contributed by atoms with van der Waals surface area (Å²) in [4.78, 5) is 13.4. The number of aliphatic hydroxyl groups excluding tert-OH is 2. The first-order valence-electron chi connectivity index (χ1n) is 7.50. The second-order valence-electron chi connectivity index (χ2n) is 5.33. The third-order valence-electron chi connectivity index (χ3n) is 3.51. The van der Waals surface area contributed by atoms with Crippen molar-refractivity contribution >= 4 is 11.8 Å². The Morgan fingerprint density at radius 1 is 1.42 bits per heavy atom. The summed E-state index contributed by atoms with van der Waals surface area (Å²) in [7, 11) is 3.14. The number of ether oxygens (including phenoxy) is 1. The van der Waals surface area contributed by atoms with Crippen molar-refractivity contribution < 1.29 is 19.7 Å². The maximum Gasteiger partial charge on any atom is 0.322 e. The molecule has 0 radical (unpaired) electrons. The zero-order valence-corrected chi connectivity index (χ0v) is 13.7. The minimum atomic E-state index is -0.973. The number of anilines is 1. The summed E-state index contributed by atoms with van der Waals surface area (Å²) in [5.74, 6) is 1.27. The van der Waals surface area contributed by atoms with E-state index in [9.17, 15) is 9.90 Å². The lowest BCUT2D eigenvalue weighted by Gasteiger charge is -2.20. The molecule has 1 aromatic carbocycles. The lowest BCUT2D eigenvalue weighted by Crippen LogP contribution is -2.38. The lowest BCUT2D eigenvalue weighted by molar-refractivity contribution is 0.0750. The van der Waals surface area contributed by atoms with Gasteiger partial charge < -0.3 is 19.8 Å². The fourth-order valence-electron chi connectivity index (χ4n) is 2.22. The average Bonchev–Trinajstić information content (AvgIpc) is 3.01. The Balaban J connectivity index is 2.06. The minimum absolute atomic E-state index is 0.0307. The maximum absolute atomic E-state index is 12.1. The van der Waals surface area contributed by atoms with Crippen LogP contribution in [0.15, 0.2) is 36.5 Å². The molecule has 0 saturated heterocycles. The van der Waals surface area contributed by atoms with Crippen LogP contribution in [-0.2, 0) is 6.54 Å². The van der Waals surface area contributed by atoms with Crippen molar-refractivity contribution in [2.45, 2.75) is 12.6 Å². The Bertz CT molecular complexity index is 674. The number of aliphatic hydroxyl groups is 2. The van der Waals surface area contributed by atoms with Crippen LogP contribution in [0.4, 0.5) is 10.6 Å². The van der Waals surface area contributed by atoms with Crippen LogP contribution in [-0.4, -0.2) is 64.3 Å². The molecule has 1 atom stereocenters. The molecule has 2 amide bonds. The van der Waals surface area contributed by atoms with E-state index in [0.29, 0.717) is 12.4 Å². The van der Waals surface area contributed by atoms with Crippen LogP contribution < -0.4 is 10.1 Å². The molecule has 2 aromatic rings. The van der Waals surface area contributed by atoms with Gasteiger partial charge in [0.25, 0.3) is 0 Å². The van der Waals surface area contributed by atoms with E-state index >= 15 is 0 Å². The first-order chi connectivity index (χ1) is 11.5. The van der Waals surface area contributed by atoms with Crippen molar-refractivity contribution in [3.8, 4) is 5.75 Å². The number of benzene rings is 1. The monoisotopic (exact) mass is 334 g/mol. The predicted octanol–water partition coefficient (Wildman–Crippen LogP) is 0.757. The number of methoxy groups -OCH3 is 1. The summed E-state index contributed by atoms with van der Waals surface area (Å²) in [6, 6.07) is 8.86. The first-order valence-corrected chi connectivity index (χ1v) is 7.50. The number of likely N-dealkylation sites (N-methyl/N-ethyl adjacent to an activating group) is 1. The van der Waals surface area contributed by atoms with E-state index in [-0.39, 0.29) is 6.54 Å². The van der Waals surface area contributed by atoms with Gasteiger partial charge in [-0.25, -0.2) is 9.48 Å². The number of hydrogen-bond acceptors (Lipinski definition) is 5. The molecule has 0 bridgehead atoms. The van der Waals surface area contributed by atoms with Crippen molar-refractivity contribution in [2.24, 2.45) is 0 Å². The van der Waals surface area contributed by atoms with Gasteiger partial charge in [0, 0.05) is 18.7 Å². The largest absolute Gasteiger partial charge is 0.496 e. The number of hydrogen-bond donors (Lipinski definition) is 3. The molecule has 0 aliphatic carbocycles. The van der Waals surface area contributed by atoms with E-state index < -0.39 is 18.7 Å². The third kappa shape index (κ3) is 4.46. The number of carbonyl (C=O) groups is 1. The summed E-state index contributed by atoms with van der Waals surface area (Å²) >= 11 is 0. The van der Waals surface area contributed by atoms with Gasteiger partial charge in [0.15, 0.2) is 0 Å². The molecular weight excluding hydrogens is 312 g/mol. The van der Waals surface area contributed by atoms with Gasteiger partial charge in [-0.05, 0) is 6.07 Å². The quantitative estimate of drug-likeness (QED) is 0.694. The summed E-state index contributed by atoms with van der Waals surface area (Å²) < 4.78 is 6.97. The van der Waals surface area contributed by atoms with E-state index in [2.05, 4.69) is 10.4 Å². The molecule has 3 N–H and O–H groups in total. The molecular formula is C16H22N4O4. The van der Waals surface area contributed by atoms with Crippen molar-refractivity contribution in [3.63, 3.8) is 0 Å². The predicted molar refractivity (Wildman–Crippen MR) is 89.1 cm³/mol. The highest BCUT2D eigenvalue weighted by atomic mass is 16.5. The van der Waals surface area contributed by atoms with Crippen molar-refractivity contribution in [2.75, 3.05) is 32.6 Å². The highest BCUT2D eigenvalue weighted by Gasteiger charge is 2.15. The van der Waals surface area contributed by atoms with E-state index in [1.165, 1.54) is 11.9 Å². The van der Waals surface area contributed by atoms with Crippen molar-refractivity contribution in [3.05, 3.63) is 42.1 Å². The fraction of sp³-hybridized carbons (Fsp3) is 0.375. The number of aromatic nitrogens is 2. The normalized spacial score (nSPS) is 11.8. The molecule has 0 aliphatic rings. The molecule has 1 unspecified atom stereocenters. The molecule has 8 nitrogen and oxygen atoms in total. The van der Waals surface area contributed by atoms with Crippen LogP contribution in [0.2, 0.25) is 0 Å². The Kier molecular flexibility index (Phi) is 6.16. The molecule has 130 valence electrons. The van der Waals surface area contributed by atoms with Crippen LogP contribution in [0.25, 0.3) is 0 Å². The number of urea groups is 1. The number of rotatable bonds is 7. The number of para-hydroxylation sites is 1. The van der Waals surface area contributed by atoms with E-state index in [0.717, 1.165) is 11.3 Å². The van der Waals surface area contributed by atoms with Gasteiger partial charge in [-0.15, -0.1) is 0 Å². The highest BCUT2D eigenvalue weighted by Crippen LogP contribution is 2.20. The van der Waals surface area contributed by atoms with Gasteiger partial charge in [0.2, 0.25) is 0 Å². The van der Waals surface area contributed by atoms with Crippen LogP contribution in [0.5, 0.6) is 5.75 Å². The molecule has 0 fully saturated rings. The summed E-state index contributed by atoms with van der Waals surface area (Å²) in [6.07, 6.45) is 0.618. The zero-order chi connectivity index (χ0) is 17.5. The Hall–Kier alpha value is -2.58. The van der Waals surface area contributed by atoms with E-state index in [1.54, 1.807) is 24.1 Å². The molecule has 2 rings (SSSR count). The van der Waals surface area contributed by atoms with Crippen molar-refractivity contribution in [1.82, 2.24) is 14.7 Å². The molecule has 0 saturated carbocycles. The fourth-order valence-corrected chi connectivity index (χ4v) is 2.22. The van der Waals surface area contributed by atoms with E-state index in [1.807, 2.05) is 24.3 Å². The van der Waals surface area contributed by atoms with Gasteiger partial charge in [0.05, 0.1) is 39.1 Å². The average molecular weight is 334 g/mol.